The fourth-order valence-corrected chi connectivity index (χ4v) is 25.1. The molecule has 0 saturated heterocycles. The van der Waals surface area contributed by atoms with Gasteiger partial charge in [-0.1, -0.05) is 97.3 Å². The Morgan fingerprint density at radius 3 is 1.09 bits per heavy atom. The number of nitrogens with zero attached hydrogens (tertiary/aromatic N) is 6. The van der Waals surface area contributed by atoms with Crippen LogP contribution in [0.1, 0.15) is 344 Å². The van der Waals surface area contributed by atoms with Crippen molar-refractivity contribution in [2.24, 2.45) is 76.4 Å². The lowest BCUT2D eigenvalue weighted by atomic mass is 9.48. The van der Waals surface area contributed by atoms with Gasteiger partial charge in [0.05, 0.1) is 0 Å². The van der Waals surface area contributed by atoms with Crippen molar-refractivity contribution >= 4 is 0 Å². The van der Waals surface area contributed by atoms with E-state index in [4.69, 9.17) is 19.0 Å². The quantitative estimate of drug-likeness (QED) is 0.196. The average molecular weight is 1130 g/mol. The Hall–Kier alpha value is -1.80. The topological polar surface area (TPSA) is 84.3 Å². The summed E-state index contributed by atoms with van der Waals surface area (Å²) in [6.45, 7) is 7.13. The zero-order valence-electron chi connectivity index (χ0n) is 52.9. The number of hydrogen-bond donors (Lipinski definition) is 0. The molecule has 0 amide bonds. The summed E-state index contributed by atoms with van der Waals surface area (Å²) in [6, 6.07) is 5.21. The molecule has 2 aromatic rings. The van der Waals surface area contributed by atoms with Crippen molar-refractivity contribution < 1.29 is 8.83 Å². The van der Waals surface area contributed by atoms with Crippen LogP contribution in [0.2, 0.25) is 0 Å². The molecule has 0 bridgehead atoms. The summed E-state index contributed by atoms with van der Waals surface area (Å²) in [5.41, 5.74) is 0.443. The molecule has 0 spiro atoms. The molecule has 458 valence electrons. The summed E-state index contributed by atoms with van der Waals surface area (Å²) in [4.78, 5) is 6.52. The van der Waals surface area contributed by atoms with Crippen LogP contribution < -0.4 is 0 Å². The molecule has 2 aromatic heterocycles. The van der Waals surface area contributed by atoms with E-state index in [1.165, 1.54) is 289 Å². The third-order valence-electron chi connectivity index (χ3n) is 28.6. The summed E-state index contributed by atoms with van der Waals surface area (Å²) >= 11 is 0. The SMILES string of the molecule is Cc1nnc(C2CCC3C4CCC(c5nnc(C6CCC(C7CCC(N(C8CCC(C9CCC(N(C%10CCCCC%10)C%10CCCC(C)C%10)CC9)CC8)C8CCCC(C)C8)CC7)CC6)o5)CC4C(C4CCCCC4)(C4CCCCC4)C3C2)o1. The van der Waals surface area contributed by atoms with Crippen molar-refractivity contribution in [2.45, 2.75) is 364 Å². The monoisotopic (exact) mass is 1120 g/mol. The Morgan fingerprint density at radius 2 is 0.671 bits per heavy atom. The fourth-order valence-electron chi connectivity index (χ4n) is 25.1. The third kappa shape index (κ3) is 11.9. The predicted octanol–water partition coefficient (Wildman–Crippen LogP) is 19.7. The summed E-state index contributed by atoms with van der Waals surface area (Å²) < 4.78 is 13.3. The minimum Gasteiger partial charge on any atom is -0.425 e. The molecule has 0 N–H and O–H groups in total. The molecule has 12 fully saturated rings. The van der Waals surface area contributed by atoms with Crippen LogP contribution in [0, 0.1) is 83.4 Å². The van der Waals surface area contributed by atoms with Crippen LogP contribution in [0.25, 0.3) is 0 Å². The Labute approximate surface area is 500 Å². The molecule has 12 aliphatic rings. The molecular weight excluding hydrogens is 1000 g/mol. The normalized spacial score (nSPS) is 42.3. The van der Waals surface area contributed by atoms with E-state index in [0.717, 1.165) is 131 Å². The van der Waals surface area contributed by atoms with Gasteiger partial charge in [-0.25, -0.2) is 0 Å². The average Bonchev–Trinajstić information content (AvgIpc) is 4.27. The highest BCUT2D eigenvalue weighted by molar-refractivity contribution is 5.18. The Morgan fingerprint density at radius 1 is 0.317 bits per heavy atom. The van der Waals surface area contributed by atoms with Gasteiger partial charge in [0.25, 0.3) is 0 Å². The first kappa shape index (κ1) is 57.9. The van der Waals surface area contributed by atoms with E-state index in [2.05, 4.69) is 33.8 Å². The van der Waals surface area contributed by atoms with Crippen molar-refractivity contribution in [3.63, 3.8) is 0 Å². The van der Waals surface area contributed by atoms with Crippen molar-refractivity contribution in [3.8, 4) is 0 Å². The smallest absolute Gasteiger partial charge is 0.219 e. The first-order valence-electron chi connectivity index (χ1n) is 37.5. The van der Waals surface area contributed by atoms with Gasteiger partial charge >= 0.3 is 0 Å². The van der Waals surface area contributed by atoms with E-state index in [0.29, 0.717) is 23.2 Å². The Kier molecular flexibility index (Phi) is 18.4. The highest BCUT2D eigenvalue weighted by Crippen LogP contribution is 2.73. The van der Waals surface area contributed by atoms with Crippen molar-refractivity contribution in [1.29, 1.82) is 0 Å². The number of aryl methyl sites for hydroxylation is 1. The van der Waals surface area contributed by atoms with Gasteiger partial charge in [-0.2, -0.15) is 0 Å². The molecule has 12 saturated carbocycles. The summed E-state index contributed by atoms with van der Waals surface area (Å²) in [5.74, 6) is 15.8. The molecule has 0 aromatic carbocycles. The zero-order valence-corrected chi connectivity index (χ0v) is 52.9. The molecule has 0 radical (unpaired) electrons. The first-order valence-corrected chi connectivity index (χ1v) is 37.5. The van der Waals surface area contributed by atoms with E-state index < -0.39 is 0 Å². The van der Waals surface area contributed by atoms with Crippen molar-refractivity contribution in [1.82, 2.24) is 30.2 Å². The van der Waals surface area contributed by atoms with E-state index in [-0.39, 0.29) is 0 Å². The summed E-state index contributed by atoms with van der Waals surface area (Å²) in [6.07, 6.45) is 64.9. The predicted molar refractivity (Wildman–Crippen MR) is 331 cm³/mol. The van der Waals surface area contributed by atoms with E-state index in [9.17, 15) is 0 Å². The van der Waals surface area contributed by atoms with Crippen LogP contribution in [0.3, 0.4) is 0 Å². The number of rotatable bonds is 13. The lowest BCUT2D eigenvalue weighted by molar-refractivity contribution is -0.0788. The Balaban J connectivity index is 0.586. The van der Waals surface area contributed by atoms with Gasteiger partial charge in [0, 0.05) is 60.9 Å². The molecular formula is C74H120N6O2. The highest BCUT2D eigenvalue weighted by atomic mass is 16.4. The van der Waals surface area contributed by atoms with Crippen molar-refractivity contribution in [2.75, 3.05) is 0 Å². The third-order valence-corrected chi connectivity index (χ3v) is 28.6. The largest absolute Gasteiger partial charge is 0.425 e. The standard InChI is InChI=1S/C74H120N6O2/c1-49-15-13-23-65(45-49)79(61-21-11-6-12-22-61)62-37-31-54(32-38-62)55-33-41-64(42-34-55)80(66-24-14-16-50(2)46-66)63-39-29-53(30-40-63)52-25-27-56(28-26-52)71-77-78-73(82-71)58-36-44-68-67-43-35-57(72-76-75-51(3)81-72)47-69(67)74(70(68)48-58,59-17-7-4-8-18-59)60-19-9-5-10-20-60/h49-50,52-70H,4-48H2,1-3H3. The Bertz CT molecular complexity index is 2260. The molecule has 82 heavy (non-hydrogen) atoms. The van der Waals surface area contributed by atoms with E-state index >= 15 is 0 Å². The molecule has 8 nitrogen and oxygen atoms in total. The molecule has 12 aliphatic carbocycles. The van der Waals surface area contributed by atoms with Crippen LogP contribution in [0.4, 0.5) is 0 Å². The second-order valence-corrected chi connectivity index (χ2v) is 32.7. The fraction of sp³-hybridized carbons (Fsp3) is 0.946. The van der Waals surface area contributed by atoms with Gasteiger partial charge in [0.1, 0.15) is 0 Å². The van der Waals surface area contributed by atoms with Crippen LogP contribution in [-0.2, 0) is 0 Å². The molecule has 2 heterocycles. The van der Waals surface area contributed by atoms with Gasteiger partial charge in [-0.15, -0.1) is 20.4 Å². The van der Waals surface area contributed by atoms with Crippen LogP contribution >= 0.6 is 0 Å². The van der Waals surface area contributed by atoms with Gasteiger partial charge in [-0.05, 0) is 282 Å². The zero-order chi connectivity index (χ0) is 55.2. The van der Waals surface area contributed by atoms with Gasteiger partial charge in [-0.3, -0.25) is 9.80 Å². The van der Waals surface area contributed by atoms with Crippen molar-refractivity contribution in [3.05, 3.63) is 23.6 Å². The lowest BCUT2D eigenvalue weighted by Gasteiger charge is -2.57. The molecule has 14 rings (SSSR count). The highest BCUT2D eigenvalue weighted by Gasteiger charge is 2.67. The minimum atomic E-state index is 0.434. The second-order valence-electron chi connectivity index (χ2n) is 32.7. The summed E-state index contributed by atoms with van der Waals surface area (Å²) in [5, 5.41) is 19.2. The van der Waals surface area contributed by atoms with E-state index in [1.807, 2.05) is 6.92 Å². The van der Waals surface area contributed by atoms with Gasteiger partial charge in [0.2, 0.25) is 23.6 Å². The number of fused-ring (bicyclic) bond motifs is 3. The maximum Gasteiger partial charge on any atom is 0.219 e. The second kappa shape index (κ2) is 26.1. The van der Waals surface area contributed by atoms with Crippen LogP contribution in [0.5, 0.6) is 0 Å². The van der Waals surface area contributed by atoms with E-state index in [1.54, 1.807) is 0 Å². The number of aromatic nitrogens is 4. The maximum atomic E-state index is 7.05. The molecule has 10 atom stereocenters. The molecule has 8 heteroatoms. The van der Waals surface area contributed by atoms with Gasteiger partial charge < -0.3 is 8.83 Å². The summed E-state index contributed by atoms with van der Waals surface area (Å²) in [7, 11) is 0. The molecule has 10 unspecified atom stereocenters. The lowest BCUT2D eigenvalue weighted by Crippen LogP contribution is -2.54. The number of hydrogen-bond acceptors (Lipinski definition) is 8. The van der Waals surface area contributed by atoms with Crippen LogP contribution in [0.15, 0.2) is 8.83 Å². The maximum absolute atomic E-state index is 7.05. The first-order chi connectivity index (χ1) is 40.3. The van der Waals surface area contributed by atoms with Gasteiger partial charge in [0.15, 0.2) is 0 Å². The van der Waals surface area contributed by atoms with Crippen LogP contribution in [-0.4, -0.2) is 66.4 Å². The minimum absolute atomic E-state index is 0.434. The molecule has 0 aliphatic heterocycles.